The number of aliphatic hydroxyl groups excluding tert-OH is 1. The maximum Gasteiger partial charge on any atom is 0.233 e. The zero-order valence-corrected chi connectivity index (χ0v) is 13.1. The molecule has 1 aliphatic rings. The van der Waals surface area contributed by atoms with E-state index in [-0.39, 0.29) is 23.3 Å². The van der Waals surface area contributed by atoms with Gasteiger partial charge in [-0.2, -0.15) is 0 Å². The molecular formula is C15H20ClNO2S. The van der Waals surface area contributed by atoms with Crippen molar-refractivity contribution in [3.63, 3.8) is 0 Å². The second kappa shape index (κ2) is 7.34. The minimum atomic E-state index is -0.191. The monoisotopic (exact) mass is 313 g/mol. The van der Waals surface area contributed by atoms with E-state index >= 15 is 0 Å². The lowest BCUT2D eigenvalue weighted by Gasteiger charge is -2.27. The third-order valence-corrected chi connectivity index (χ3v) is 4.90. The van der Waals surface area contributed by atoms with Crippen molar-refractivity contribution in [2.45, 2.75) is 54.9 Å². The molecule has 2 N–H and O–H groups in total. The van der Waals surface area contributed by atoms with Crippen molar-refractivity contribution >= 4 is 29.3 Å². The van der Waals surface area contributed by atoms with E-state index in [0.717, 1.165) is 30.6 Å². The fourth-order valence-corrected chi connectivity index (χ4v) is 3.31. The average molecular weight is 314 g/mol. The Balaban J connectivity index is 1.81. The van der Waals surface area contributed by atoms with Crippen LogP contribution in [0.4, 0.5) is 0 Å². The summed E-state index contributed by atoms with van der Waals surface area (Å²) in [7, 11) is 0. The Morgan fingerprint density at radius 2 is 1.90 bits per heavy atom. The second-order valence-corrected chi connectivity index (χ2v) is 7.08. The van der Waals surface area contributed by atoms with Gasteiger partial charge in [0.1, 0.15) is 0 Å². The highest BCUT2D eigenvalue weighted by Gasteiger charge is 2.23. The molecular weight excluding hydrogens is 294 g/mol. The Morgan fingerprint density at radius 1 is 1.30 bits per heavy atom. The third-order valence-electron chi connectivity index (χ3n) is 3.54. The van der Waals surface area contributed by atoms with Gasteiger partial charge in [-0.05, 0) is 56.9 Å². The van der Waals surface area contributed by atoms with Crippen LogP contribution < -0.4 is 5.32 Å². The molecule has 20 heavy (non-hydrogen) atoms. The number of amides is 1. The number of hydrogen-bond acceptors (Lipinski definition) is 3. The van der Waals surface area contributed by atoms with Gasteiger partial charge in [-0.3, -0.25) is 4.79 Å². The van der Waals surface area contributed by atoms with E-state index in [9.17, 15) is 9.90 Å². The molecule has 2 rings (SSSR count). The number of carbonyl (C=O) groups is 1. The first-order valence-corrected chi connectivity index (χ1v) is 8.21. The predicted molar refractivity (Wildman–Crippen MR) is 83.2 cm³/mol. The van der Waals surface area contributed by atoms with Crippen LogP contribution in [0.1, 0.15) is 32.6 Å². The number of benzene rings is 1. The van der Waals surface area contributed by atoms with Crippen molar-refractivity contribution < 1.29 is 9.90 Å². The average Bonchev–Trinajstić information content (AvgIpc) is 2.44. The molecule has 1 aliphatic carbocycles. The lowest BCUT2D eigenvalue weighted by atomic mass is 9.93. The second-order valence-electron chi connectivity index (χ2n) is 5.23. The van der Waals surface area contributed by atoms with E-state index in [1.807, 2.05) is 31.2 Å². The Morgan fingerprint density at radius 3 is 2.50 bits per heavy atom. The Kier molecular flexibility index (Phi) is 5.75. The smallest absolute Gasteiger partial charge is 0.233 e. The van der Waals surface area contributed by atoms with Gasteiger partial charge in [-0.1, -0.05) is 11.6 Å². The van der Waals surface area contributed by atoms with Crippen LogP contribution in [0, 0.1) is 0 Å². The lowest BCUT2D eigenvalue weighted by molar-refractivity contribution is -0.121. The molecule has 1 fully saturated rings. The van der Waals surface area contributed by atoms with Crippen LogP contribution in [-0.4, -0.2) is 28.4 Å². The molecule has 0 aromatic heterocycles. The topological polar surface area (TPSA) is 49.3 Å². The molecule has 1 aromatic rings. The van der Waals surface area contributed by atoms with Gasteiger partial charge in [-0.25, -0.2) is 0 Å². The number of hydrogen-bond donors (Lipinski definition) is 2. The standard InChI is InChI=1S/C15H20ClNO2S/c1-10(20-14-8-2-11(16)3-9-14)15(19)17-12-4-6-13(18)7-5-12/h2-3,8-10,12-13,18H,4-7H2,1H3,(H,17,19). The highest BCUT2D eigenvalue weighted by Crippen LogP contribution is 2.25. The number of nitrogens with one attached hydrogen (secondary N) is 1. The summed E-state index contributed by atoms with van der Waals surface area (Å²) in [6, 6.07) is 7.72. The maximum atomic E-state index is 12.1. The molecule has 0 heterocycles. The summed E-state index contributed by atoms with van der Waals surface area (Å²) in [6.45, 7) is 1.91. The quantitative estimate of drug-likeness (QED) is 0.839. The molecule has 1 saturated carbocycles. The largest absolute Gasteiger partial charge is 0.393 e. The third kappa shape index (κ3) is 4.69. The summed E-state index contributed by atoms with van der Waals surface area (Å²) in [5, 5.41) is 13.1. The van der Waals surface area contributed by atoms with Crippen molar-refractivity contribution in [2.24, 2.45) is 0 Å². The van der Waals surface area contributed by atoms with Crippen molar-refractivity contribution in [1.29, 1.82) is 0 Å². The Hall–Kier alpha value is -0.710. The van der Waals surface area contributed by atoms with Gasteiger partial charge in [0.15, 0.2) is 0 Å². The number of rotatable bonds is 4. The van der Waals surface area contributed by atoms with Gasteiger partial charge in [0, 0.05) is 16.0 Å². The first kappa shape index (κ1) is 15.7. The highest BCUT2D eigenvalue weighted by atomic mass is 35.5. The Bertz CT molecular complexity index is 444. The number of aliphatic hydroxyl groups is 1. The number of halogens is 1. The van der Waals surface area contributed by atoms with E-state index in [1.54, 1.807) is 0 Å². The zero-order valence-electron chi connectivity index (χ0n) is 11.5. The molecule has 1 aromatic carbocycles. The Labute approximate surface area is 129 Å². The summed E-state index contributed by atoms with van der Waals surface area (Å²) in [5.41, 5.74) is 0. The van der Waals surface area contributed by atoms with Crippen LogP contribution >= 0.6 is 23.4 Å². The maximum absolute atomic E-state index is 12.1. The molecule has 0 saturated heterocycles. The number of carbonyl (C=O) groups excluding carboxylic acids is 1. The minimum Gasteiger partial charge on any atom is -0.393 e. The van der Waals surface area contributed by atoms with Crippen molar-refractivity contribution in [2.75, 3.05) is 0 Å². The molecule has 5 heteroatoms. The summed E-state index contributed by atoms with van der Waals surface area (Å²) in [5.74, 6) is 0.0614. The normalized spacial score (nSPS) is 24.1. The SMILES string of the molecule is CC(Sc1ccc(Cl)cc1)C(=O)NC1CCC(O)CC1. The lowest BCUT2D eigenvalue weighted by Crippen LogP contribution is -2.41. The summed E-state index contributed by atoms with van der Waals surface area (Å²) < 4.78 is 0. The van der Waals surface area contributed by atoms with Crippen LogP contribution in [0.2, 0.25) is 5.02 Å². The highest BCUT2D eigenvalue weighted by molar-refractivity contribution is 8.00. The van der Waals surface area contributed by atoms with E-state index < -0.39 is 0 Å². The molecule has 0 aliphatic heterocycles. The molecule has 1 amide bonds. The molecule has 1 atom stereocenters. The van der Waals surface area contributed by atoms with E-state index in [1.165, 1.54) is 11.8 Å². The molecule has 0 bridgehead atoms. The fraction of sp³-hybridized carbons (Fsp3) is 0.533. The van der Waals surface area contributed by atoms with Crippen LogP contribution in [0.5, 0.6) is 0 Å². The molecule has 0 radical (unpaired) electrons. The summed E-state index contributed by atoms with van der Waals surface area (Å²) >= 11 is 7.37. The van der Waals surface area contributed by atoms with Crippen LogP contribution in [-0.2, 0) is 4.79 Å². The van der Waals surface area contributed by atoms with Gasteiger partial charge in [0.05, 0.1) is 11.4 Å². The van der Waals surface area contributed by atoms with Gasteiger partial charge in [0.25, 0.3) is 0 Å². The van der Waals surface area contributed by atoms with Crippen LogP contribution in [0.15, 0.2) is 29.2 Å². The van der Waals surface area contributed by atoms with Crippen LogP contribution in [0.25, 0.3) is 0 Å². The van der Waals surface area contributed by atoms with E-state index in [0.29, 0.717) is 5.02 Å². The van der Waals surface area contributed by atoms with E-state index in [4.69, 9.17) is 11.6 Å². The summed E-state index contributed by atoms with van der Waals surface area (Å²) in [4.78, 5) is 13.2. The molecule has 1 unspecified atom stereocenters. The van der Waals surface area contributed by atoms with Gasteiger partial charge in [-0.15, -0.1) is 11.8 Å². The minimum absolute atomic E-state index is 0.0614. The zero-order chi connectivity index (χ0) is 14.5. The molecule has 110 valence electrons. The first-order chi connectivity index (χ1) is 9.54. The van der Waals surface area contributed by atoms with Crippen molar-refractivity contribution in [3.05, 3.63) is 29.3 Å². The van der Waals surface area contributed by atoms with Gasteiger partial charge >= 0.3 is 0 Å². The molecule has 3 nitrogen and oxygen atoms in total. The van der Waals surface area contributed by atoms with Gasteiger partial charge in [0.2, 0.25) is 5.91 Å². The molecule has 0 spiro atoms. The van der Waals surface area contributed by atoms with Gasteiger partial charge < -0.3 is 10.4 Å². The fourth-order valence-electron chi connectivity index (χ4n) is 2.31. The number of thioether (sulfide) groups is 1. The predicted octanol–water partition coefficient (Wildman–Crippen LogP) is 3.24. The summed E-state index contributed by atoms with van der Waals surface area (Å²) in [6.07, 6.45) is 3.10. The van der Waals surface area contributed by atoms with Crippen molar-refractivity contribution in [1.82, 2.24) is 5.32 Å². The first-order valence-electron chi connectivity index (χ1n) is 6.95. The van der Waals surface area contributed by atoms with E-state index in [2.05, 4.69) is 5.32 Å². The van der Waals surface area contributed by atoms with Crippen molar-refractivity contribution in [3.8, 4) is 0 Å². The van der Waals surface area contributed by atoms with Crippen LogP contribution in [0.3, 0.4) is 0 Å².